The van der Waals surface area contributed by atoms with Gasteiger partial charge in [-0.1, -0.05) is 23.7 Å². The molecule has 0 aliphatic carbocycles. The summed E-state index contributed by atoms with van der Waals surface area (Å²) in [6.07, 6.45) is 2.80. The molecule has 1 N–H and O–H groups in total. The zero-order valence-electron chi connectivity index (χ0n) is 9.09. The average molecular weight is 306 g/mol. The predicted molar refractivity (Wildman–Crippen MR) is 62.1 cm³/mol. The number of hydrogen-bond donors (Lipinski definition) is 1. The molecule has 2 nitrogen and oxygen atoms in total. The Balaban J connectivity index is 0.00000128. The lowest BCUT2D eigenvalue weighted by Gasteiger charge is -2.10. The monoisotopic (exact) mass is 304 g/mol. The molecule has 1 unspecified atom stereocenters. The summed E-state index contributed by atoms with van der Waals surface area (Å²) in [5, 5.41) is 4.18. The van der Waals surface area contributed by atoms with E-state index in [1.54, 1.807) is 0 Å². The molecule has 0 radical (unpaired) electrons. The van der Waals surface area contributed by atoms with Gasteiger partial charge in [-0.15, -0.1) is 0 Å². The zero-order chi connectivity index (χ0) is 10.5. The van der Waals surface area contributed by atoms with Gasteiger partial charge < -0.3 is 27.0 Å². The van der Waals surface area contributed by atoms with E-state index in [-0.39, 0.29) is 17.0 Å². The van der Waals surface area contributed by atoms with E-state index < -0.39 is 0 Å². The lowest BCUT2D eigenvalue weighted by atomic mass is 10.2. The third kappa shape index (κ3) is 4.42. The van der Waals surface area contributed by atoms with Gasteiger partial charge in [0.2, 0.25) is 0 Å². The highest BCUT2D eigenvalue weighted by Crippen LogP contribution is 2.12. The summed E-state index contributed by atoms with van der Waals surface area (Å²) >= 11 is 5.81. The van der Waals surface area contributed by atoms with Crippen LogP contribution in [0.25, 0.3) is 0 Å². The molecule has 0 amide bonds. The summed E-state index contributed by atoms with van der Waals surface area (Å²) in [7, 11) is 0. The maximum Gasteiger partial charge on any atom is 0.0700 e. The maximum absolute atomic E-state index is 5.81. The van der Waals surface area contributed by atoms with E-state index in [4.69, 9.17) is 16.3 Å². The molecule has 1 aromatic carbocycles. The molecule has 16 heavy (non-hydrogen) atoms. The van der Waals surface area contributed by atoms with Crippen LogP contribution in [0.1, 0.15) is 18.4 Å². The quantitative estimate of drug-likeness (QED) is 0.818. The van der Waals surface area contributed by atoms with Gasteiger partial charge in [-0.3, -0.25) is 0 Å². The van der Waals surface area contributed by atoms with Crippen LogP contribution in [-0.2, 0) is 11.3 Å². The van der Waals surface area contributed by atoms with Crippen LogP contribution >= 0.6 is 11.6 Å². The first-order chi connectivity index (χ1) is 7.34. The third-order valence-corrected chi connectivity index (χ3v) is 2.89. The summed E-state index contributed by atoms with van der Waals surface area (Å²) in [6, 6.07) is 7.94. The first kappa shape index (κ1) is 14.0. The second-order valence-corrected chi connectivity index (χ2v) is 4.33. The minimum absolute atomic E-state index is 0. The van der Waals surface area contributed by atoms with Gasteiger partial charge in [-0.05, 0) is 30.5 Å². The van der Waals surface area contributed by atoms with Crippen molar-refractivity contribution in [1.82, 2.24) is 5.32 Å². The van der Waals surface area contributed by atoms with Crippen molar-refractivity contribution >= 4 is 11.6 Å². The molecule has 0 spiro atoms. The van der Waals surface area contributed by atoms with E-state index in [0.29, 0.717) is 6.10 Å². The minimum Gasteiger partial charge on any atom is -1.00 e. The second kappa shape index (κ2) is 7.28. The van der Waals surface area contributed by atoms with Crippen LogP contribution in [0, 0.1) is 0 Å². The van der Waals surface area contributed by atoms with Crippen molar-refractivity contribution in [1.29, 1.82) is 0 Å². The van der Waals surface area contributed by atoms with Crippen LogP contribution in [0.4, 0.5) is 0 Å². The Morgan fingerprint density at radius 3 is 2.69 bits per heavy atom. The van der Waals surface area contributed by atoms with Crippen molar-refractivity contribution in [3.63, 3.8) is 0 Å². The number of hydrogen-bond acceptors (Lipinski definition) is 2. The smallest absolute Gasteiger partial charge is 0.0700 e. The molecule has 2 rings (SSSR count). The molecule has 1 heterocycles. The van der Waals surface area contributed by atoms with Crippen LogP contribution in [-0.4, -0.2) is 19.3 Å². The highest BCUT2D eigenvalue weighted by molar-refractivity contribution is 6.30. The molecule has 90 valence electrons. The van der Waals surface area contributed by atoms with E-state index in [0.717, 1.165) is 24.7 Å². The van der Waals surface area contributed by atoms with Crippen molar-refractivity contribution in [3.05, 3.63) is 34.9 Å². The van der Waals surface area contributed by atoms with Crippen LogP contribution in [0.3, 0.4) is 0 Å². The fraction of sp³-hybridized carbons (Fsp3) is 0.500. The Hall–Kier alpha value is -0.0900. The predicted octanol–water partition coefficient (Wildman–Crippen LogP) is -0.387. The zero-order valence-corrected chi connectivity index (χ0v) is 11.4. The van der Waals surface area contributed by atoms with Crippen molar-refractivity contribution in [3.8, 4) is 0 Å². The van der Waals surface area contributed by atoms with E-state index in [1.807, 2.05) is 24.3 Å². The van der Waals surface area contributed by atoms with Crippen LogP contribution < -0.4 is 22.3 Å². The van der Waals surface area contributed by atoms with Crippen LogP contribution in [0.2, 0.25) is 5.02 Å². The van der Waals surface area contributed by atoms with E-state index in [1.165, 1.54) is 18.4 Å². The Kier molecular flexibility index (Phi) is 6.36. The van der Waals surface area contributed by atoms with E-state index in [9.17, 15) is 0 Å². The molecular formula is C12H16BrClNO-. The molecule has 1 aliphatic heterocycles. The molecule has 0 aromatic heterocycles. The summed E-state index contributed by atoms with van der Waals surface area (Å²) in [6.45, 7) is 2.76. The van der Waals surface area contributed by atoms with Crippen molar-refractivity contribution in [2.45, 2.75) is 25.5 Å². The summed E-state index contributed by atoms with van der Waals surface area (Å²) < 4.78 is 5.53. The van der Waals surface area contributed by atoms with Gasteiger partial charge in [-0.2, -0.15) is 0 Å². The maximum atomic E-state index is 5.81. The lowest BCUT2D eigenvalue weighted by Crippen LogP contribution is -3.00. The van der Waals surface area contributed by atoms with Gasteiger partial charge in [0, 0.05) is 24.7 Å². The number of rotatable bonds is 4. The van der Waals surface area contributed by atoms with Gasteiger partial charge >= 0.3 is 0 Å². The molecule has 0 saturated carbocycles. The van der Waals surface area contributed by atoms with Crippen molar-refractivity contribution in [2.75, 3.05) is 13.2 Å². The van der Waals surface area contributed by atoms with Gasteiger partial charge in [-0.25, -0.2) is 0 Å². The molecule has 1 atom stereocenters. The summed E-state index contributed by atoms with van der Waals surface area (Å²) in [4.78, 5) is 0. The molecule has 1 aromatic rings. The first-order valence-corrected chi connectivity index (χ1v) is 5.79. The Morgan fingerprint density at radius 1 is 1.31 bits per heavy atom. The normalized spacial score (nSPS) is 19.4. The van der Waals surface area contributed by atoms with Gasteiger partial charge in [0.05, 0.1) is 6.10 Å². The van der Waals surface area contributed by atoms with Crippen molar-refractivity contribution < 1.29 is 21.7 Å². The number of ether oxygens (including phenoxy) is 1. The molecule has 1 saturated heterocycles. The fourth-order valence-corrected chi connectivity index (χ4v) is 1.91. The Labute approximate surface area is 112 Å². The average Bonchev–Trinajstić information content (AvgIpc) is 2.74. The van der Waals surface area contributed by atoms with E-state index in [2.05, 4.69) is 5.32 Å². The topological polar surface area (TPSA) is 21.3 Å². The van der Waals surface area contributed by atoms with Crippen LogP contribution in [0.15, 0.2) is 24.3 Å². The second-order valence-electron chi connectivity index (χ2n) is 3.89. The van der Waals surface area contributed by atoms with E-state index >= 15 is 0 Å². The highest BCUT2D eigenvalue weighted by Gasteiger charge is 2.14. The molecule has 0 bridgehead atoms. The highest BCUT2D eigenvalue weighted by atomic mass is 79.9. The largest absolute Gasteiger partial charge is 1.00 e. The molecule has 4 heteroatoms. The lowest BCUT2D eigenvalue weighted by molar-refractivity contribution is -0.00000431. The Bertz CT molecular complexity index is 298. The van der Waals surface area contributed by atoms with Gasteiger partial charge in [0.25, 0.3) is 0 Å². The van der Waals surface area contributed by atoms with Crippen molar-refractivity contribution in [2.24, 2.45) is 0 Å². The third-order valence-electron chi connectivity index (χ3n) is 2.64. The number of benzene rings is 1. The fourth-order valence-electron chi connectivity index (χ4n) is 1.79. The first-order valence-electron chi connectivity index (χ1n) is 5.41. The molecule has 1 fully saturated rings. The standard InChI is InChI=1S/C12H16ClNO.BrH/c13-11-5-3-10(4-6-11)8-14-9-12-2-1-7-15-12;/h3-6,12,14H,1-2,7-9H2;1H/p-1. The molecule has 1 aliphatic rings. The molecular weight excluding hydrogens is 289 g/mol. The number of halogens is 2. The number of nitrogens with one attached hydrogen (secondary N) is 1. The van der Waals surface area contributed by atoms with Gasteiger partial charge in [0.1, 0.15) is 0 Å². The van der Waals surface area contributed by atoms with Gasteiger partial charge in [0.15, 0.2) is 0 Å². The summed E-state index contributed by atoms with van der Waals surface area (Å²) in [5.41, 5.74) is 1.26. The SMILES string of the molecule is Clc1ccc(CNCC2CCCO2)cc1.[Br-]. The summed E-state index contributed by atoms with van der Waals surface area (Å²) in [5.74, 6) is 0. The van der Waals surface area contributed by atoms with Crippen LogP contribution in [0.5, 0.6) is 0 Å². The minimum atomic E-state index is 0. The Morgan fingerprint density at radius 2 is 2.06 bits per heavy atom.